The number of ether oxygens (including phenoxy) is 4. The molecule has 1 unspecified atom stereocenters. The van der Waals surface area contributed by atoms with Crippen LogP contribution in [0.15, 0.2) is 18.2 Å². The largest absolute Gasteiger partial charge is 0.491 e. The third-order valence-corrected chi connectivity index (χ3v) is 6.58. The summed E-state index contributed by atoms with van der Waals surface area (Å²) >= 11 is 0. The van der Waals surface area contributed by atoms with E-state index in [0.717, 1.165) is 56.0 Å². The van der Waals surface area contributed by atoms with E-state index in [4.69, 9.17) is 18.9 Å². The smallest absolute Gasteiger partial charge is 0.253 e. The van der Waals surface area contributed by atoms with Gasteiger partial charge in [-0.3, -0.25) is 9.69 Å². The van der Waals surface area contributed by atoms with Crippen molar-refractivity contribution in [3.63, 3.8) is 0 Å². The van der Waals surface area contributed by atoms with E-state index in [9.17, 15) is 4.79 Å². The van der Waals surface area contributed by atoms with Gasteiger partial charge in [-0.2, -0.15) is 0 Å². The van der Waals surface area contributed by atoms with E-state index >= 15 is 0 Å². The van der Waals surface area contributed by atoms with Crippen LogP contribution < -0.4 is 4.74 Å². The summed E-state index contributed by atoms with van der Waals surface area (Å²) in [5, 5.41) is 0. The molecule has 7 heteroatoms. The summed E-state index contributed by atoms with van der Waals surface area (Å²) in [6.45, 7) is 11.4. The summed E-state index contributed by atoms with van der Waals surface area (Å²) in [4.78, 5) is 17.6. The van der Waals surface area contributed by atoms with Crippen molar-refractivity contribution in [3.05, 3.63) is 29.3 Å². The van der Waals surface area contributed by atoms with Crippen molar-refractivity contribution in [2.45, 2.75) is 57.5 Å². The zero-order valence-electron chi connectivity index (χ0n) is 19.3. The normalized spacial score (nSPS) is 24.4. The number of methoxy groups -OCH3 is 1. The van der Waals surface area contributed by atoms with Crippen LogP contribution in [0, 0.1) is 6.92 Å². The Bertz CT molecular complexity index is 771. The third-order valence-electron chi connectivity index (χ3n) is 6.58. The van der Waals surface area contributed by atoms with Crippen LogP contribution in [0.4, 0.5) is 0 Å². The van der Waals surface area contributed by atoms with Gasteiger partial charge in [0.15, 0.2) is 0 Å². The van der Waals surface area contributed by atoms with E-state index in [-0.39, 0.29) is 23.7 Å². The highest BCUT2D eigenvalue weighted by Gasteiger charge is 2.46. The van der Waals surface area contributed by atoms with E-state index in [1.807, 2.05) is 43.9 Å². The van der Waals surface area contributed by atoms with E-state index in [1.54, 1.807) is 7.11 Å². The maximum Gasteiger partial charge on any atom is 0.253 e. The van der Waals surface area contributed by atoms with Crippen LogP contribution in [-0.4, -0.2) is 92.7 Å². The summed E-state index contributed by atoms with van der Waals surface area (Å²) in [6, 6.07) is 6.21. The molecule has 0 radical (unpaired) electrons. The maximum absolute atomic E-state index is 13.1. The van der Waals surface area contributed by atoms with Gasteiger partial charge in [-0.15, -0.1) is 0 Å². The van der Waals surface area contributed by atoms with Crippen molar-refractivity contribution in [1.82, 2.24) is 9.80 Å². The first-order chi connectivity index (χ1) is 14.9. The zero-order valence-corrected chi connectivity index (χ0v) is 19.3. The molecule has 1 spiro atoms. The molecule has 3 saturated heterocycles. The third kappa shape index (κ3) is 5.06. The molecule has 1 atom stereocenters. The van der Waals surface area contributed by atoms with Gasteiger partial charge in [-0.1, -0.05) is 0 Å². The fourth-order valence-corrected chi connectivity index (χ4v) is 4.85. The molecule has 3 fully saturated rings. The molecule has 0 N–H and O–H groups in total. The zero-order chi connectivity index (χ0) is 22.0. The Labute approximate surface area is 185 Å². The highest BCUT2D eigenvalue weighted by Crippen LogP contribution is 2.35. The second-order valence-electron chi connectivity index (χ2n) is 9.44. The second-order valence-corrected chi connectivity index (χ2v) is 9.44. The van der Waals surface area contributed by atoms with Crippen LogP contribution in [-0.2, 0) is 14.2 Å². The van der Waals surface area contributed by atoms with Gasteiger partial charge >= 0.3 is 0 Å². The number of nitrogens with zero attached hydrogens (tertiary/aromatic N) is 2. The van der Waals surface area contributed by atoms with Gasteiger partial charge in [0.25, 0.3) is 5.91 Å². The average Bonchev–Trinajstić information content (AvgIpc) is 2.68. The first-order valence-electron chi connectivity index (χ1n) is 11.4. The van der Waals surface area contributed by atoms with Crippen LogP contribution in [0.1, 0.15) is 42.6 Å². The number of aryl methyl sites for hydroxylation is 1. The van der Waals surface area contributed by atoms with Crippen molar-refractivity contribution in [2.75, 3.05) is 53.1 Å². The molecule has 0 aliphatic carbocycles. The van der Waals surface area contributed by atoms with Crippen LogP contribution in [0.3, 0.4) is 0 Å². The molecule has 0 saturated carbocycles. The molecule has 31 heavy (non-hydrogen) atoms. The lowest BCUT2D eigenvalue weighted by Crippen LogP contribution is -2.65. The lowest BCUT2D eigenvalue weighted by atomic mass is 9.87. The van der Waals surface area contributed by atoms with E-state index in [1.165, 1.54) is 0 Å². The summed E-state index contributed by atoms with van der Waals surface area (Å²) in [6.07, 6.45) is 1.87. The van der Waals surface area contributed by atoms with E-state index < -0.39 is 0 Å². The SMILES string of the molecule is COCC1CN(C2COC2)CC2(CCN(C(=O)c3ccc(OC(C)C)c(C)c3)CC2)O1. The minimum Gasteiger partial charge on any atom is -0.491 e. The van der Waals surface area contributed by atoms with Gasteiger partial charge in [0.05, 0.1) is 43.7 Å². The summed E-state index contributed by atoms with van der Waals surface area (Å²) in [5.41, 5.74) is 1.50. The Morgan fingerprint density at radius 2 is 2.00 bits per heavy atom. The summed E-state index contributed by atoms with van der Waals surface area (Å²) < 4.78 is 23.2. The minimum atomic E-state index is -0.210. The molecule has 4 rings (SSSR count). The van der Waals surface area contributed by atoms with Gasteiger partial charge in [-0.05, 0) is 57.4 Å². The molecule has 3 aliphatic rings. The Balaban J connectivity index is 1.40. The highest BCUT2D eigenvalue weighted by molar-refractivity contribution is 5.94. The maximum atomic E-state index is 13.1. The lowest BCUT2D eigenvalue weighted by molar-refractivity contribution is -0.208. The Morgan fingerprint density at radius 3 is 2.58 bits per heavy atom. The molecule has 172 valence electrons. The fourth-order valence-electron chi connectivity index (χ4n) is 4.85. The van der Waals surface area contributed by atoms with Gasteiger partial charge < -0.3 is 23.8 Å². The van der Waals surface area contributed by atoms with Crippen molar-refractivity contribution in [1.29, 1.82) is 0 Å². The van der Waals surface area contributed by atoms with Crippen molar-refractivity contribution >= 4 is 5.91 Å². The average molecular weight is 433 g/mol. The first-order valence-corrected chi connectivity index (χ1v) is 11.4. The number of likely N-dealkylation sites (tertiary alicyclic amines) is 1. The Kier molecular flexibility index (Phi) is 6.86. The molecule has 3 heterocycles. The van der Waals surface area contributed by atoms with E-state index in [2.05, 4.69) is 4.90 Å². The van der Waals surface area contributed by atoms with Crippen molar-refractivity contribution in [2.24, 2.45) is 0 Å². The number of morpholine rings is 1. The molecule has 0 aromatic heterocycles. The first kappa shape index (κ1) is 22.5. The number of hydrogen-bond acceptors (Lipinski definition) is 6. The number of amides is 1. The topological polar surface area (TPSA) is 60.5 Å². The predicted molar refractivity (Wildman–Crippen MR) is 118 cm³/mol. The number of rotatable bonds is 6. The molecular formula is C24H36N2O5. The molecule has 1 aromatic rings. The van der Waals surface area contributed by atoms with Crippen LogP contribution in [0.2, 0.25) is 0 Å². The standard InChI is InChI=1S/C24H36N2O5/c1-17(2)30-22-6-5-19(11-18(22)3)23(27)25-9-7-24(8-10-25)16-26(20-13-29-14-20)12-21(31-24)15-28-4/h5-6,11,17,20-21H,7-10,12-16H2,1-4H3. The van der Waals surface area contributed by atoms with Gasteiger partial charge in [0.2, 0.25) is 0 Å². The molecule has 1 amide bonds. The number of carbonyl (C=O) groups excluding carboxylic acids is 1. The Hall–Kier alpha value is -1.67. The number of hydrogen-bond donors (Lipinski definition) is 0. The summed E-state index contributed by atoms with van der Waals surface area (Å²) in [7, 11) is 1.72. The molecule has 1 aromatic carbocycles. The number of benzene rings is 1. The molecule has 0 bridgehead atoms. The lowest BCUT2D eigenvalue weighted by Gasteiger charge is -2.52. The monoisotopic (exact) mass is 432 g/mol. The Morgan fingerprint density at radius 1 is 1.26 bits per heavy atom. The molecule has 7 nitrogen and oxygen atoms in total. The van der Waals surface area contributed by atoms with Crippen LogP contribution >= 0.6 is 0 Å². The fraction of sp³-hybridized carbons (Fsp3) is 0.708. The number of piperidine rings is 1. The molecule has 3 aliphatic heterocycles. The second kappa shape index (κ2) is 9.45. The van der Waals surface area contributed by atoms with Gasteiger partial charge in [0, 0.05) is 38.9 Å². The van der Waals surface area contributed by atoms with Crippen LogP contribution in [0.25, 0.3) is 0 Å². The van der Waals surface area contributed by atoms with Crippen LogP contribution in [0.5, 0.6) is 5.75 Å². The highest BCUT2D eigenvalue weighted by atomic mass is 16.5. The summed E-state index contributed by atoms with van der Waals surface area (Å²) in [5.74, 6) is 0.923. The van der Waals surface area contributed by atoms with Crippen molar-refractivity contribution < 1.29 is 23.7 Å². The quantitative estimate of drug-likeness (QED) is 0.689. The van der Waals surface area contributed by atoms with Crippen molar-refractivity contribution in [3.8, 4) is 5.75 Å². The van der Waals surface area contributed by atoms with Gasteiger partial charge in [0.1, 0.15) is 5.75 Å². The van der Waals surface area contributed by atoms with E-state index in [0.29, 0.717) is 25.7 Å². The molecular weight excluding hydrogens is 396 g/mol. The predicted octanol–water partition coefficient (Wildman–Crippen LogP) is 2.50. The minimum absolute atomic E-state index is 0.0674. The van der Waals surface area contributed by atoms with Gasteiger partial charge in [-0.25, -0.2) is 0 Å². The number of carbonyl (C=O) groups is 1.